The van der Waals surface area contributed by atoms with E-state index in [1.165, 1.54) is 25.3 Å². The van der Waals surface area contributed by atoms with Crippen LogP contribution in [-0.2, 0) is 5.41 Å². The second-order valence-electron chi connectivity index (χ2n) is 7.34. The van der Waals surface area contributed by atoms with E-state index in [1.54, 1.807) is 6.07 Å². The first kappa shape index (κ1) is 12.8. The molecule has 0 aromatic heterocycles. The quantitative estimate of drug-likeness (QED) is 0.609. The zero-order valence-corrected chi connectivity index (χ0v) is 11.9. The van der Waals surface area contributed by atoms with E-state index in [1.807, 2.05) is 6.07 Å². The van der Waals surface area contributed by atoms with Crippen molar-refractivity contribution in [2.24, 2.45) is 17.8 Å². The predicted octanol–water partition coefficient (Wildman–Crippen LogP) is 3.93. The molecular weight excluding hydrogens is 264 g/mol. The third kappa shape index (κ3) is 1.95. The molecule has 1 aromatic carbocycles. The number of hydrogen-bond donors (Lipinski definition) is 0. The first-order valence-corrected chi connectivity index (χ1v) is 7.78. The van der Waals surface area contributed by atoms with Crippen molar-refractivity contribution in [2.45, 2.75) is 43.9 Å². The highest BCUT2D eigenvalue weighted by molar-refractivity contribution is 5.47. The van der Waals surface area contributed by atoms with E-state index in [9.17, 15) is 15.4 Å². The second kappa shape index (κ2) is 4.30. The van der Waals surface area contributed by atoms with Crippen molar-refractivity contribution in [2.75, 3.05) is 0 Å². The Morgan fingerprint density at radius 1 is 1.10 bits per heavy atom. The highest BCUT2D eigenvalue weighted by Gasteiger charge is 2.51. The molecule has 4 bridgehead atoms. The summed E-state index contributed by atoms with van der Waals surface area (Å²) >= 11 is 0. The van der Waals surface area contributed by atoms with Crippen LogP contribution in [0.3, 0.4) is 0 Å². The zero-order valence-electron chi connectivity index (χ0n) is 11.9. The van der Waals surface area contributed by atoms with E-state index in [-0.39, 0.29) is 16.0 Å². The molecule has 21 heavy (non-hydrogen) atoms. The van der Waals surface area contributed by atoms with Gasteiger partial charge in [-0.05, 0) is 73.3 Å². The summed E-state index contributed by atoms with van der Waals surface area (Å²) in [6.07, 6.45) is 7.51. The molecule has 5 rings (SSSR count). The van der Waals surface area contributed by atoms with Crippen LogP contribution in [0, 0.1) is 39.2 Å². The highest BCUT2D eigenvalue weighted by Crippen LogP contribution is 2.60. The Hall–Kier alpha value is -1.89. The van der Waals surface area contributed by atoms with Crippen LogP contribution in [0.4, 0.5) is 5.69 Å². The van der Waals surface area contributed by atoms with Crippen molar-refractivity contribution in [1.29, 1.82) is 5.26 Å². The molecule has 4 nitrogen and oxygen atoms in total. The second-order valence-corrected chi connectivity index (χ2v) is 7.34. The summed E-state index contributed by atoms with van der Waals surface area (Å²) in [5.41, 5.74) is 1.65. The van der Waals surface area contributed by atoms with Gasteiger partial charge in [-0.2, -0.15) is 5.26 Å². The molecule has 108 valence electrons. The van der Waals surface area contributed by atoms with Gasteiger partial charge in [-0.3, -0.25) is 10.1 Å². The van der Waals surface area contributed by atoms with E-state index in [0.717, 1.165) is 42.6 Å². The van der Waals surface area contributed by atoms with Gasteiger partial charge in [0.15, 0.2) is 0 Å². The minimum absolute atomic E-state index is 0.0693. The Kier molecular flexibility index (Phi) is 2.63. The molecule has 4 saturated carbocycles. The Morgan fingerprint density at radius 2 is 1.67 bits per heavy atom. The van der Waals surface area contributed by atoms with Crippen LogP contribution in [0.1, 0.15) is 49.7 Å². The van der Waals surface area contributed by atoms with Gasteiger partial charge >= 0.3 is 0 Å². The summed E-state index contributed by atoms with van der Waals surface area (Å²) in [6, 6.07) is 7.12. The number of hydrogen-bond acceptors (Lipinski definition) is 3. The molecule has 0 amide bonds. The molecule has 0 spiro atoms. The van der Waals surface area contributed by atoms with Gasteiger partial charge in [0, 0.05) is 12.1 Å². The average molecular weight is 282 g/mol. The fourth-order valence-electron chi connectivity index (χ4n) is 5.55. The molecule has 0 atom stereocenters. The number of nitriles is 1. The standard InChI is InChI=1S/C17H18N2O2/c18-10-14-4-15(6-16(5-14)19(20)21)17-7-11-1-12(8-17)3-13(2-11)9-17/h4-6,11-13H,1-3,7-9H2. The summed E-state index contributed by atoms with van der Waals surface area (Å²) in [7, 11) is 0. The van der Waals surface area contributed by atoms with E-state index < -0.39 is 0 Å². The molecule has 0 N–H and O–H groups in total. The van der Waals surface area contributed by atoms with Gasteiger partial charge in [-0.25, -0.2) is 0 Å². The molecule has 4 heteroatoms. The van der Waals surface area contributed by atoms with Gasteiger partial charge in [0.2, 0.25) is 0 Å². The molecule has 0 saturated heterocycles. The smallest absolute Gasteiger partial charge is 0.258 e. The summed E-state index contributed by atoms with van der Waals surface area (Å²) in [5.74, 6) is 2.38. The lowest BCUT2D eigenvalue weighted by molar-refractivity contribution is -0.385. The largest absolute Gasteiger partial charge is 0.271 e. The minimum Gasteiger partial charge on any atom is -0.258 e. The fraction of sp³-hybridized carbons (Fsp3) is 0.588. The predicted molar refractivity (Wildman–Crippen MR) is 77.7 cm³/mol. The van der Waals surface area contributed by atoms with Crippen molar-refractivity contribution in [1.82, 2.24) is 0 Å². The minimum atomic E-state index is -0.370. The molecule has 1 aromatic rings. The molecule has 0 aliphatic heterocycles. The third-order valence-electron chi connectivity index (χ3n) is 5.91. The summed E-state index contributed by atoms with van der Waals surface area (Å²) in [6.45, 7) is 0. The van der Waals surface area contributed by atoms with Crippen LogP contribution in [0.2, 0.25) is 0 Å². The number of rotatable bonds is 2. The van der Waals surface area contributed by atoms with Crippen LogP contribution >= 0.6 is 0 Å². The average Bonchev–Trinajstić information content (AvgIpc) is 2.45. The Bertz CT molecular complexity index is 624. The normalized spacial score (nSPS) is 36.4. The molecule has 4 aliphatic carbocycles. The van der Waals surface area contributed by atoms with Crippen molar-refractivity contribution < 1.29 is 4.92 Å². The number of non-ortho nitro benzene ring substituents is 1. The highest BCUT2D eigenvalue weighted by atomic mass is 16.6. The van der Waals surface area contributed by atoms with Crippen LogP contribution in [0.15, 0.2) is 18.2 Å². The Balaban J connectivity index is 1.81. The van der Waals surface area contributed by atoms with E-state index >= 15 is 0 Å². The first-order valence-electron chi connectivity index (χ1n) is 7.78. The summed E-state index contributed by atoms with van der Waals surface area (Å²) < 4.78 is 0. The number of nitrogens with zero attached hydrogens (tertiary/aromatic N) is 2. The summed E-state index contributed by atoms with van der Waals surface area (Å²) in [5, 5.41) is 20.3. The number of nitro groups is 1. The maximum Gasteiger partial charge on any atom is 0.271 e. The van der Waals surface area contributed by atoms with Gasteiger partial charge in [0.05, 0.1) is 16.6 Å². The van der Waals surface area contributed by atoms with E-state index in [0.29, 0.717) is 5.56 Å². The van der Waals surface area contributed by atoms with Crippen LogP contribution in [0.25, 0.3) is 0 Å². The molecule has 0 radical (unpaired) electrons. The molecule has 4 fully saturated rings. The van der Waals surface area contributed by atoms with Gasteiger partial charge < -0.3 is 0 Å². The molecular formula is C17H18N2O2. The van der Waals surface area contributed by atoms with Crippen LogP contribution < -0.4 is 0 Å². The van der Waals surface area contributed by atoms with Gasteiger partial charge in [0.1, 0.15) is 0 Å². The van der Waals surface area contributed by atoms with Crippen LogP contribution in [0.5, 0.6) is 0 Å². The lowest BCUT2D eigenvalue weighted by atomic mass is 9.48. The van der Waals surface area contributed by atoms with Gasteiger partial charge in [-0.1, -0.05) is 0 Å². The lowest BCUT2D eigenvalue weighted by Gasteiger charge is -2.57. The van der Waals surface area contributed by atoms with Crippen molar-refractivity contribution >= 4 is 5.69 Å². The molecule has 0 unspecified atom stereocenters. The number of benzene rings is 1. The molecule has 0 heterocycles. The van der Waals surface area contributed by atoms with Crippen molar-refractivity contribution in [3.05, 3.63) is 39.4 Å². The van der Waals surface area contributed by atoms with Gasteiger partial charge in [0.25, 0.3) is 5.69 Å². The zero-order chi connectivity index (χ0) is 14.6. The van der Waals surface area contributed by atoms with Crippen molar-refractivity contribution in [3.63, 3.8) is 0 Å². The summed E-state index contributed by atoms with van der Waals surface area (Å²) in [4.78, 5) is 10.8. The Labute approximate surface area is 123 Å². The Morgan fingerprint density at radius 3 is 2.14 bits per heavy atom. The number of nitro benzene ring substituents is 1. The lowest BCUT2D eigenvalue weighted by Crippen LogP contribution is -2.48. The fourth-order valence-corrected chi connectivity index (χ4v) is 5.55. The van der Waals surface area contributed by atoms with E-state index in [2.05, 4.69) is 6.07 Å². The van der Waals surface area contributed by atoms with Gasteiger partial charge in [-0.15, -0.1) is 0 Å². The monoisotopic (exact) mass is 282 g/mol. The molecule has 4 aliphatic rings. The first-order chi connectivity index (χ1) is 10.1. The maximum atomic E-state index is 11.1. The van der Waals surface area contributed by atoms with E-state index in [4.69, 9.17) is 0 Å². The topological polar surface area (TPSA) is 66.9 Å². The van der Waals surface area contributed by atoms with Crippen LogP contribution in [-0.4, -0.2) is 4.92 Å². The van der Waals surface area contributed by atoms with Crippen molar-refractivity contribution in [3.8, 4) is 6.07 Å². The maximum absolute atomic E-state index is 11.1. The SMILES string of the molecule is N#Cc1cc([N+](=O)[O-])cc(C23CC4CC(CC(C4)C2)C3)c1. The third-order valence-corrected chi connectivity index (χ3v) is 5.91.